The predicted molar refractivity (Wildman–Crippen MR) is 206 cm³/mol. The van der Waals surface area contributed by atoms with Gasteiger partial charge in [-0.3, -0.25) is 39.4 Å². The van der Waals surface area contributed by atoms with Crippen LogP contribution in [0.1, 0.15) is 32.3 Å². The van der Waals surface area contributed by atoms with E-state index in [4.69, 9.17) is 9.47 Å². The average molecular weight is 758 g/mol. The first kappa shape index (κ1) is 37.8. The van der Waals surface area contributed by atoms with Crippen LogP contribution in [0.4, 0.5) is 15.8 Å². The smallest absolute Gasteiger partial charge is 0.276 e. The molecule has 3 N–H and O–H groups in total. The van der Waals surface area contributed by atoms with Gasteiger partial charge >= 0.3 is 0 Å². The summed E-state index contributed by atoms with van der Waals surface area (Å²) in [7, 11) is 4.97. The molecule has 3 amide bonds. The van der Waals surface area contributed by atoms with Crippen LogP contribution in [0, 0.1) is 5.82 Å². The Kier molecular flexibility index (Phi) is 10.5. The van der Waals surface area contributed by atoms with E-state index in [2.05, 4.69) is 44.5 Å². The average Bonchev–Trinajstić information content (AvgIpc) is 3.65. The molecule has 55 heavy (non-hydrogen) atoms. The first-order valence-electron chi connectivity index (χ1n) is 18.5. The molecule has 15 nitrogen and oxygen atoms in total. The SMILES string of the molecule is COc1cc(-c2cn(C)c(=O)c3[nH]ncc23)cc(OC)c1CN1CCN(C(=O)CN2CCN(c3ccc(NC4CCC(=O)NC4=O)cc3F)CC2)C(C)(C)C1. The summed E-state index contributed by atoms with van der Waals surface area (Å²) in [5.74, 6) is 0.289. The standard InChI is InChI=1S/C39H48FN9O6/c1-39(2)23-47(21-28-32(54-4)16-24(17-33(28)55-5)27-20-45(3)38(53)36-26(27)19-41-44-36)12-15-49(39)35(51)22-46-10-13-48(14-11-46)31-8-6-25(18-29(31)40)42-30-7-9-34(50)43-37(30)52/h6,8,16-20,30,42H,7,9-15,21-23H2,1-5H3,(H,41,44)(H,43,50,52). The molecule has 1 unspecified atom stereocenters. The third-order valence-corrected chi connectivity index (χ3v) is 11.0. The number of piperazine rings is 2. The van der Waals surface area contributed by atoms with E-state index < -0.39 is 23.3 Å². The highest BCUT2D eigenvalue weighted by atomic mass is 19.1. The second-order valence-corrected chi connectivity index (χ2v) is 15.1. The number of fused-ring (bicyclic) bond motifs is 1. The van der Waals surface area contributed by atoms with Gasteiger partial charge in [-0.15, -0.1) is 0 Å². The number of aryl methyl sites for hydroxylation is 1. The van der Waals surface area contributed by atoms with Gasteiger partial charge in [0.05, 0.1) is 43.8 Å². The second kappa shape index (κ2) is 15.3. The van der Waals surface area contributed by atoms with Crippen molar-refractivity contribution in [2.45, 2.75) is 44.8 Å². The highest BCUT2D eigenvalue weighted by molar-refractivity contribution is 6.01. The minimum absolute atomic E-state index is 0.0653. The number of ether oxygens (including phenoxy) is 2. The summed E-state index contributed by atoms with van der Waals surface area (Å²) >= 11 is 0. The molecule has 0 saturated carbocycles. The van der Waals surface area contributed by atoms with E-state index in [-0.39, 0.29) is 30.3 Å². The summed E-state index contributed by atoms with van der Waals surface area (Å²) in [4.78, 5) is 58.3. The second-order valence-electron chi connectivity index (χ2n) is 15.1. The molecule has 16 heteroatoms. The number of benzene rings is 2. The Balaban J connectivity index is 0.950. The van der Waals surface area contributed by atoms with Crippen LogP contribution in [0.5, 0.6) is 11.5 Å². The lowest BCUT2D eigenvalue weighted by atomic mass is 9.96. The van der Waals surface area contributed by atoms with Crippen LogP contribution in [0.15, 0.2) is 47.5 Å². The molecule has 3 saturated heterocycles. The van der Waals surface area contributed by atoms with Gasteiger partial charge in [0.2, 0.25) is 17.7 Å². The quantitative estimate of drug-likeness (QED) is 0.205. The molecule has 5 heterocycles. The number of imide groups is 1. The fraction of sp³-hybridized carbons (Fsp3) is 0.462. The molecule has 0 spiro atoms. The van der Waals surface area contributed by atoms with Crippen LogP contribution in [0.3, 0.4) is 0 Å². The summed E-state index contributed by atoms with van der Waals surface area (Å²) in [5.41, 5.74) is 3.34. The van der Waals surface area contributed by atoms with Crippen LogP contribution in [0.2, 0.25) is 0 Å². The maximum atomic E-state index is 15.2. The Morgan fingerprint density at radius 3 is 2.36 bits per heavy atom. The molecule has 3 aliphatic heterocycles. The van der Waals surface area contributed by atoms with Crippen molar-refractivity contribution >= 4 is 40.0 Å². The number of hydrogen-bond acceptors (Lipinski definition) is 11. The number of H-pyrrole nitrogens is 1. The van der Waals surface area contributed by atoms with Crippen molar-refractivity contribution in [2.75, 3.05) is 76.8 Å². The van der Waals surface area contributed by atoms with Crippen molar-refractivity contribution in [1.29, 1.82) is 0 Å². The van der Waals surface area contributed by atoms with Gasteiger partial charge in [-0.2, -0.15) is 5.10 Å². The molecule has 0 radical (unpaired) electrons. The lowest BCUT2D eigenvalue weighted by Crippen LogP contribution is -2.62. The summed E-state index contributed by atoms with van der Waals surface area (Å²) < 4.78 is 28.6. The van der Waals surface area contributed by atoms with Gasteiger partial charge in [0.15, 0.2) is 0 Å². The first-order valence-corrected chi connectivity index (χ1v) is 18.5. The fourth-order valence-corrected chi connectivity index (χ4v) is 8.06. The molecule has 1 atom stereocenters. The number of piperidine rings is 1. The largest absolute Gasteiger partial charge is 0.496 e. The number of nitrogens with one attached hydrogen (secondary N) is 3. The molecule has 2 aromatic heterocycles. The highest BCUT2D eigenvalue weighted by Crippen LogP contribution is 2.38. The fourth-order valence-electron chi connectivity index (χ4n) is 8.06. The van der Waals surface area contributed by atoms with Crippen molar-refractivity contribution in [3.8, 4) is 22.6 Å². The maximum absolute atomic E-state index is 15.2. The number of methoxy groups -OCH3 is 2. The number of carbonyl (C=O) groups excluding carboxylic acids is 3. The Morgan fingerprint density at radius 1 is 1.00 bits per heavy atom. The normalized spacial score (nSPS) is 19.4. The van der Waals surface area contributed by atoms with E-state index in [1.165, 1.54) is 10.6 Å². The number of carbonyl (C=O) groups is 3. The Labute approximate surface area is 318 Å². The number of aromatic amines is 1. The molecule has 2 aromatic carbocycles. The van der Waals surface area contributed by atoms with E-state index in [0.717, 1.165) is 16.7 Å². The highest BCUT2D eigenvalue weighted by Gasteiger charge is 2.38. The number of aromatic nitrogens is 3. The van der Waals surface area contributed by atoms with Gasteiger partial charge < -0.3 is 29.2 Å². The predicted octanol–water partition coefficient (Wildman–Crippen LogP) is 2.55. The zero-order chi connectivity index (χ0) is 39.0. The van der Waals surface area contributed by atoms with Gasteiger partial charge in [-0.1, -0.05) is 0 Å². The number of amides is 3. The van der Waals surface area contributed by atoms with E-state index >= 15 is 4.39 Å². The third kappa shape index (κ3) is 7.73. The summed E-state index contributed by atoms with van der Waals surface area (Å²) in [6.45, 7) is 9.25. The first-order chi connectivity index (χ1) is 26.3. The van der Waals surface area contributed by atoms with Crippen molar-refractivity contribution in [3.05, 3.63) is 64.5 Å². The molecule has 0 aliphatic carbocycles. The van der Waals surface area contributed by atoms with Crippen LogP contribution in [-0.2, 0) is 28.0 Å². The monoisotopic (exact) mass is 757 g/mol. The van der Waals surface area contributed by atoms with Crippen molar-refractivity contribution in [2.24, 2.45) is 7.05 Å². The number of nitrogens with zero attached hydrogens (tertiary/aromatic N) is 6. The van der Waals surface area contributed by atoms with Crippen LogP contribution in [-0.4, -0.2) is 125 Å². The van der Waals surface area contributed by atoms with Crippen LogP contribution < -0.4 is 30.6 Å². The summed E-state index contributed by atoms with van der Waals surface area (Å²) in [5, 5.41) is 13.0. The Hall–Kier alpha value is -5.48. The molecule has 7 rings (SSSR count). The summed E-state index contributed by atoms with van der Waals surface area (Å²) in [6, 6.07) is 8.16. The minimum Gasteiger partial charge on any atom is -0.496 e. The molecular formula is C39H48FN9O6. The van der Waals surface area contributed by atoms with Gasteiger partial charge in [0.1, 0.15) is 28.9 Å². The number of anilines is 2. The van der Waals surface area contributed by atoms with Crippen LogP contribution in [0.25, 0.3) is 22.0 Å². The van der Waals surface area contributed by atoms with Crippen molar-refractivity contribution in [1.82, 2.24) is 34.8 Å². The van der Waals surface area contributed by atoms with Crippen molar-refractivity contribution < 1.29 is 28.2 Å². The topological polar surface area (TPSA) is 157 Å². The van der Waals surface area contributed by atoms with E-state index in [1.807, 2.05) is 21.9 Å². The number of halogens is 1. The maximum Gasteiger partial charge on any atom is 0.276 e. The zero-order valence-electron chi connectivity index (χ0n) is 31.9. The molecular weight excluding hydrogens is 709 g/mol. The zero-order valence-corrected chi connectivity index (χ0v) is 31.9. The van der Waals surface area contributed by atoms with Gasteiger partial charge in [-0.25, -0.2) is 4.39 Å². The molecule has 3 aliphatic rings. The third-order valence-electron chi connectivity index (χ3n) is 11.0. The number of hydrogen-bond donors (Lipinski definition) is 3. The van der Waals surface area contributed by atoms with Gasteiger partial charge in [0.25, 0.3) is 5.56 Å². The lowest BCUT2D eigenvalue weighted by molar-refractivity contribution is -0.142. The molecule has 3 fully saturated rings. The van der Waals surface area contributed by atoms with E-state index in [1.54, 1.807) is 45.8 Å². The van der Waals surface area contributed by atoms with Crippen LogP contribution >= 0.6 is 0 Å². The molecule has 4 aromatic rings. The summed E-state index contributed by atoms with van der Waals surface area (Å²) in [6.07, 6.45) is 4.04. The minimum atomic E-state index is -0.586. The lowest BCUT2D eigenvalue weighted by Gasteiger charge is -2.48. The van der Waals surface area contributed by atoms with Gasteiger partial charge in [0, 0.05) is 88.7 Å². The van der Waals surface area contributed by atoms with E-state index in [0.29, 0.717) is 92.6 Å². The number of rotatable bonds is 10. The number of pyridine rings is 1. The Morgan fingerprint density at radius 2 is 1.71 bits per heavy atom. The molecule has 0 bridgehead atoms. The van der Waals surface area contributed by atoms with Crippen molar-refractivity contribution in [3.63, 3.8) is 0 Å². The molecule has 292 valence electrons. The van der Waals surface area contributed by atoms with E-state index in [9.17, 15) is 19.2 Å². The Bertz CT molecular complexity index is 2150. The van der Waals surface area contributed by atoms with Gasteiger partial charge in [-0.05, 0) is 56.2 Å².